The van der Waals surface area contributed by atoms with E-state index in [1.807, 2.05) is 6.92 Å². The predicted octanol–water partition coefficient (Wildman–Crippen LogP) is 3.96. The fourth-order valence-corrected chi connectivity index (χ4v) is 1.86. The van der Waals surface area contributed by atoms with E-state index in [2.05, 4.69) is 43.4 Å². The molecule has 0 radical (unpaired) electrons. The highest BCUT2D eigenvalue weighted by Crippen LogP contribution is 2.20. The molecule has 0 saturated heterocycles. The maximum atomic E-state index is 11.2. The fraction of sp³-hybridized carbons (Fsp3) is 0.562. The van der Waals surface area contributed by atoms with E-state index in [0.717, 1.165) is 25.1 Å². The highest BCUT2D eigenvalue weighted by molar-refractivity contribution is 5.69. The Balaban J connectivity index is 2.28. The van der Waals surface area contributed by atoms with Crippen LogP contribution in [0.3, 0.4) is 0 Å². The zero-order valence-electron chi connectivity index (χ0n) is 12.2. The van der Waals surface area contributed by atoms with E-state index in [0.29, 0.717) is 18.9 Å². The predicted molar refractivity (Wildman–Crippen MR) is 79.5 cm³/mol. The van der Waals surface area contributed by atoms with Crippen LogP contribution < -0.4 is 5.32 Å². The summed E-state index contributed by atoms with van der Waals surface area (Å²) in [5, 5.41) is 3.32. The number of carbonyl (C=O) groups is 1. The van der Waals surface area contributed by atoms with Crippen molar-refractivity contribution in [1.82, 2.24) is 0 Å². The van der Waals surface area contributed by atoms with Crippen molar-refractivity contribution in [3.05, 3.63) is 29.8 Å². The van der Waals surface area contributed by atoms with Gasteiger partial charge in [0.2, 0.25) is 0 Å². The molecule has 0 spiro atoms. The van der Waals surface area contributed by atoms with Crippen LogP contribution in [0.4, 0.5) is 5.69 Å². The first-order valence-corrected chi connectivity index (χ1v) is 7.16. The molecular formula is C16H25NO2. The molecule has 0 saturated carbocycles. The highest BCUT2D eigenvalue weighted by atomic mass is 16.5. The van der Waals surface area contributed by atoms with Gasteiger partial charge in [-0.3, -0.25) is 4.79 Å². The van der Waals surface area contributed by atoms with Gasteiger partial charge < -0.3 is 10.1 Å². The summed E-state index contributed by atoms with van der Waals surface area (Å²) in [7, 11) is 0. The van der Waals surface area contributed by atoms with Crippen LogP contribution in [0.5, 0.6) is 0 Å². The van der Waals surface area contributed by atoms with Crippen molar-refractivity contribution in [3.8, 4) is 0 Å². The van der Waals surface area contributed by atoms with E-state index in [9.17, 15) is 4.79 Å². The van der Waals surface area contributed by atoms with E-state index >= 15 is 0 Å². The smallest absolute Gasteiger partial charge is 0.305 e. The first kappa shape index (κ1) is 15.5. The molecule has 0 aliphatic heterocycles. The normalized spacial score (nSPS) is 11.9. The summed E-state index contributed by atoms with van der Waals surface area (Å²) >= 11 is 0. The summed E-state index contributed by atoms with van der Waals surface area (Å²) < 4.78 is 4.88. The Hall–Kier alpha value is -1.51. The fourth-order valence-electron chi connectivity index (χ4n) is 1.86. The van der Waals surface area contributed by atoms with Crippen LogP contribution in [0, 0.1) is 0 Å². The molecule has 0 bridgehead atoms. The molecular weight excluding hydrogens is 238 g/mol. The number of carbonyl (C=O) groups excluding carboxylic acids is 1. The van der Waals surface area contributed by atoms with Gasteiger partial charge in [0.05, 0.1) is 6.61 Å². The summed E-state index contributed by atoms with van der Waals surface area (Å²) in [4.78, 5) is 11.2. The minimum atomic E-state index is -0.114. The number of ether oxygens (including phenoxy) is 1. The Bertz CT molecular complexity index is 373. The lowest BCUT2D eigenvalue weighted by molar-refractivity contribution is -0.143. The van der Waals surface area contributed by atoms with Crippen molar-refractivity contribution >= 4 is 11.7 Å². The van der Waals surface area contributed by atoms with Gasteiger partial charge in [0.1, 0.15) is 0 Å². The molecule has 19 heavy (non-hydrogen) atoms. The monoisotopic (exact) mass is 263 g/mol. The van der Waals surface area contributed by atoms with Gasteiger partial charge in [0.25, 0.3) is 0 Å². The van der Waals surface area contributed by atoms with Gasteiger partial charge in [0.15, 0.2) is 0 Å². The average Bonchev–Trinajstić information content (AvgIpc) is 2.44. The van der Waals surface area contributed by atoms with Crippen molar-refractivity contribution in [2.24, 2.45) is 0 Å². The molecule has 3 heteroatoms. The van der Waals surface area contributed by atoms with Crippen LogP contribution in [0.25, 0.3) is 0 Å². The minimum absolute atomic E-state index is 0.114. The summed E-state index contributed by atoms with van der Waals surface area (Å²) in [5.74, 6) is 0.495. The number of anilines is 1. The van der Waals surface area contributed by atoms with E-state index in [1.54, 1.807) is 0 Å². The number of rotatable bonds is 8. The standard InChI is InChI=1S/C16H25NO2/c1-4-13(3)14-8-10-15(11-9-14)17-12-6-7-16(18)19-5-2/h8-11,13,17H,4-7,12H2,1-3H3. The van der Waals surface area contributed by atoms with Crippen molar-refractivity contribution in [1.29, 1.82) is 0 Å². The van der Waals surface area contributed by atoms with Gasteiger partial charge >= 0.3 is 5.97 Å². The number of esters is 1. The lowest BCUT2D eigenvalue weighted by atomic mass is 9.99. The van der Waals surface area contributed by atoms with Crippen LogP contribution in [-0.2, 0) is 9.53 Å². The molecule has 0 aliphatic carbocycles. The Kier molecular flexibility index (Phi) is 7.01. The van der Waals surface area contributed by atoms with Crippen LogP contribution >= 0.6 is 0 Å². The van der Waals surface area contributed by atoms with E-state index in [-0.39, 0.29) is 5.97 Å². The van der Waals surface area contributed by atoms with Gasteiger partial charge in [-0.15, -0.1) is 0 Å². The highest BCUT2D eigenvalue weighted by Gasteiger charge is 2.03. The van der Waals surface area contributed by atoms with E-state index in [1.165, 1.54) is 5.56 Å². The number of nitrogens with one attached hydrogen (secondary N) is 1. The second-order valence-electron chi connectivity index (χ2n) is 4.77. The third-order valence-electron chi connectivity index (χ3n) is 3.28. The summed E-state index contributed by atoms with van der Waals surface area (Å²) in [6.07, 6.45) is 2.43. The number of benzene rings is 1. The van der Waals surface area contributed by atoms with Crippen molar-refractivity contribution in [2.75, 3.05) is 18.5 Å². The lowest BCUT2D eigenvalue weighted by Crippen LogP contribution is -2.08. The summed E-state index contributed by atoms with van der Waals surface area (Å²) in [6, 6.07) is 8.54. The Morgan fingerprint density at radius 3 is 2.53 bits per heavy atom. The Labute approximate surface area is 116 Å². The zero-order chi connectivity index (χ0) is 14.1. The molecule has 0 heterocycles. The lowest BCUT2D eigenvalue weighted by Gasteiger charge is -2.11. The van der Waals surface area contributed by atoms with Crippen molar-refractivity contribution < 1.29 is 9.53 Å². The molecule has 1 aromatic carbocycles. The van der Waals surface area contributed by atoms with Gasteiger partial charge in [-0.1, -0.05) is 26.0 Å². The molecule has 1 atom stereocenters. The SMILES string of the molecule is CCOC(=O)CCCNc1ccc(C(C)CC)cc1. The molecule has 1 aromatic rings. The molecule has 3 nitrogen and oxygen atoms in total. The second kappa shape index (κ2) is 8.57. The average molecular weight is 263 g/mol. The number of hydrogen-bond acceptors (Lipinski definition) is 3. The molecule has 0 aliphatic rings. The van der Waals surface area contributed by atoms with E-state index in [4.69, 9.17) is 4.74 Å². The molecule has 0 aromatic heterocycles. The molecule has 0 amide bonds. The van der Waals surface area contributed by atoms with Crippen LogP contribution in [0.15, 0.2) is 24.3 Å². The first-order chi connectivity index (χ1) is 9.17. The largest absolute Gasteiger partial charge is 0.466 e. The van der Waals surface area contributed by atoms with Gasteiger partial charge in [-0.25, -0.2) is 0 Å². The quantitative estimate of drug-likeness (QED) is 0.570. The van der Waals surface area contributed by atoms with Gasteiger partial charge in [-0.05, 0) is 43.4 Å². The molecule has 1 N–H and O–H groups in total. The first-order valence-electron chi connectivity index (χ1n) is 7.16. The van der Waals surface area contributed by atoms with Crippen LogP contribution in [0.1, 0.15) is 51.5 Å². The Morgan fingerprint density at radius 2 is 1.95 bits per heavy atom. The maximum absolute atomic E-state index is 11.2. The molecule has 1 unspecified atom stereocenters. The zero-order valence-corrected chi connectivity index (χ0v) is 12.2. The van der Waals surface area contributed by atoms with Crippen molar-refractivity contribution in [2.45, 2.75) is 46.0 Å². The summed E-state index contributed by atoms with van der Waals surface area (Å²) in [5.41, 5.74) is 2.48. The van der Waals surface area contributed by atoms with Gasteiger partial charge in [0, 0.05) is 18.7 Å². The number of hydrogen-bond donors (Lipinski definition) is 1. The van der Waals surface area contributed by atoms with Gasteiger partial charge in [-0.2, -0.15) is 0 Å². The van der Waals surface area contributed by atoms with Crippen LogP contribution in [-0.4, -0.2) is 19.1 Å². The molecule has 106 valence electrons. The van der Waals surface area contributed by atoms with E-state index < -0.39 is 0 Å². The maximum Gasteiger partial charge on any atom is 0.305 e. The third-order valence-corrected chi connectivity index (χ3v) is 3.28. The topological polar surface area (TPSA) is 38.3 Å². The van der Waals surface area contributed by atoms with Crippen LogP contribution in [0.2, 0.25) is 0 Å². The third kappa shape index (κ3) is 5.77. The summed E-state index contributed by atoms with van der Waals surface area (Å²) in [6.45, 7) is 7.52. The molecule has 0 fully saturated rings. The van der Waals surface area contributed by atoms with Crippen molar-refractivity contribution in [3.63, 3.8) is 0 Å². The second-order valence-corrected chi connectivity index (χ2v) is 4.77. The molecule has 1 rings (SSSR count). The minimum Gasteiger partial charge on any atom is -0.466 e. The Morgan fingerprint density at radius 1 is 1.26 bits per heavy atom.